The zero-order valence-electron chi connectivity index (χ0n) is 17.3. The monoisotopic (exact) mass is 405 g/mol. The number of aromatic nitrogens is 1. The lowest BCUT2D eigenvalue weighted by Crippen LogP contribution is -2.41. The van der Waals surface area contributed by atoms with E-state index in [2.05, 4.69) is 24.1 Å². The lowest BCUT2D eigenvalue weighted by atomic mass is 9.67. The van der Waals surface area contributed by atoms with Crippen LogP contribution in [0.1, 0.15) is 45.1 Å². The van der Waals surface area contributed by atoms with E-state index >= 15 is 0 Å². The topological polar surface area (TPSA) is 71.4 Å². The summed E-state index contributed by atoms with van der Waals surface area (Å²) in [6.07, 6.45) is 4.45. The summed E-state index contributed by atoms with van der Waals surface area (Å²) in [6.45, 7) is 5.93. The first-order valence-electron chi connectivity index (χ1n) is 10.0. The van der Waals surface area contributed by atoms with Crippen LogP contribution in [0.3, 0.4) is 0 Å². The molecule has 1 amide bonds. The Morgan fingerprint density at radius 1 is 1.20 bits per heavy atom. The molecule has 0 spiro atoms. The maximum absolute atomic E-state index is 13.6. The van der Waals surface area contributed by atoms with Gasteiger partial charge in [0.05, 0.1) is 5.92 Å². The van der Waals surface area contributed by atoms with Gasteiger partial charge in [-0.15, -0.1) is 0 Å². The van der Waals surface area contributed by atoms with Gasteiger partial charge in [-0.2, -0.15) is 0 Å². The van der Waals surface area contributed by atoms with Crippen molar-refractivity contribution in [2.45, 2.75) is 39.5 Å². The van der Waals surface area contributed by atoms with Gasteiger partial charge in [-0.3, -0.25) is 19.6 Å². The summed E-state index contributed by atoms with van der Waals surface area (Å²) in [7, 11) is 0. The number of rotatable bonds is 3. The number of halogens is 1. The number of ketones is 1. The molecule has 6 heteroatoms. The summed E-state index contributed by atoms with van der Waals surface area (Å²) in [5.41, 5.74) is 3.00. The highest BCUT2D eigenvalue weighted by Crippen LogP contribution is 2.47. The first-order valence-corrected chi connectivity index (χ1v) is 10.0. The molecule has 0 bridgehead atoms. The van der Waals surface area contributed by atoms with Gasteiger partial charge >= 0.3 is 0 Å². The summed E-state index contributed by atoms with van der Waals surface area (Å²) in [5.74, 6) is -1.88. The minimum atomic E-state index is -0.679. The number of amides is 1. The molecule has 1 N–H and O–H groups in total. The van der Waals surface area contributed by atoms with Crippen molar-refractivity contribution in [3.05, 3.63) is 71.4 Å². The number of nitrogens with zero attached hydrogens (tertiary/aromatic N) is 2. The molecule has 0 radical (unpaired) electrons. The third-order valence-corrected chi connectivity index (χ3v) is 5.72. The van der Waals surface area contributed by atoms with Crippen molar-refractivity contribution in [1.29, 1.82) is 0 Å². The highest BCUT2D eigenvalue weighted by atomic mass is 19.1. The second-order valence-electron chi connectivity index (χ2n) is 8.80. The number of pyridine rings is 1. The van der Waals surface area contributed by atoms with Crippen LogP contribution >= 0.6 is 0 Å². The van der Waals surface area contributed by atoms with E-state index in [-0.39, 0.29) is 17.1 Å². The van der Waals surface area contributed by atoms with Gasteiger partial charge in [0.25, 0.3) is 0 Å². The van der Waals surface area contributed by atoms with E-state index in [1.54, 1.807) is 30.6 Å². The number of nitrogens with one attached hydrogen (secondary N) is 1. The normalized spacial score (nSPS) is 22.9. The van der Waals surface area contributed by atoms with Gasteiger partial charge in [-0.25, -0.2) is 4.39 Å². The number of carbonyl (C=O) groups excluding carboxylic acids is 2. The molecule has 1 unspecified atom stereocenters. The molecule has 1 aromatic heterocycles. The van der Waals surface area contributed by atoms with Crippen LogP contribution in [0.25, 0.3) is 0 Å². The Kier molecular flexibility index (Phi) is 5.10. The molecule has 30 heavy (non-hydrogen) atoms. The van der Waals surface area contributed by atoms with Gasteiger partial charge < -0.3 is 5.32 Å². The molecule has 0 fully saturated rings. The number of aliphatic imine (C=N–C) groups is 1. The van der Waals surface area contributed by atoms with Crippen LogP contribution < -0.4 is 5.32 Å². The molecular weight excluding hydrogens is 381 g/mol. The zero-order valence-corrected chi connectivity index (χ0v) is 17.3. The van der Waals surface area contributed by atoms with Gasteiger partial charge in [0.15, 0.2) is 5.78 Å². The molecule has 5 nitrogen and oxygen atoms in total. The second-order valence-corrected chi connectivity index (χ2v) is 8.80. The van der Waals surface area contributed by atoms with Crippen molar-refractivity contribution in [2.75, 3.05) is 5.32 Å². The van der Waals surface area contributed by atoms with Crippen LogP contribution in [-0.4, -0.2) is 22.4 Å². The zero-order chi connectivity index (χ0) is 21.5. The summed E-state index contributed by atoms with van der Waals surface area (Å²) in [5, 5.41) is 2.80. The van der Waals surface area contributed by atoms with Crippen LogP contribution in [0.5, 0.6) is 0 Å². The first kappa shape index (κ1) is 20.1. The predicted molar refractivity (Wildman–Crippen MR) is 114 cm³/mol. The number of allylic oxidation sites excluding steroid dienone is 2. The number of carbonyl (C=O) groups is 2. The Morgan fingerprint density at radius 2 is 2.00 bits per heavy atom. The maximum atomic E-state index is 13.6. The quantitative estimate of drug-likeness (QED) is 0.806. The third kappa shape index (κ3) is 3.82. The van der Waals surface area contributed by atoms with E-state index in [1.807, 2.05) is 13.0 Å². The largest absolute Gasteiger partial charge is 0.325 e. The molecule has 2 aliphatic rings. The lowest BCUT2D eigenvalue weighted by Gasteiger charge is -2.39. The molecule has 0 saturated heterocycles. The fourth-order valence-corrected chi connectivity index (χ4v) is 4.49. The van der Waals surface area contributed by atoms with E-state index in [1.165, 1.54) is 12.1 Å². The molecule has 0 saturated carbocycles. The summed E-state index contributed by atoms with van der Waals surface area (Å²) < 4.78 is 13.6. The highest BCUT2D eigenvalue weighted by Gasteiger charge is 2.45. The van der Waals surface area contributed by atoms with Crippen LogP contribution in [-0.2, 0) is 9.59 Å². The number of benzene rings is 1. The molecule has 154 valence electrons. The SMILES string of the molecule is CC1=NC2=C(C(=O)CC(C)(C)C2)[C@H](c2cccnc2)C1C(=O)Nc1cccc(F)c1. The van der Waals surface area contributed by atoms with Gasteiger partial charge in [0.2, 0.25) is 5.91 Å². The first-order chi connectivity index (χ1) is 14.2. The Morgan fingerprint density at radius 3 is 2.70 bits per heavy atom. The van der Waals surface area contributed by atoms with Gasteiger partial charge in [-0.1, -0.05) is 26.0 Å². The van der Waals surface area contributed by atoms with Crippen LogP contribution in [0.4, 0.5) is 10.1 Å². The lowest BCUT2D eigenvalue weighted by molar-refractivity contribution is -0.119. The molecule has 2 atom stereocenters. The van der Waals surface area contributed by atoms with Gasteiger partial charge in [-0.05, 0) is 48.6 Å². The highest BCUT2D eigenvalue weighted by molar-refractivity contribution is 6.13. The number of Topliss-reactive ketones (excluding diaryl/α,β-unsaturated/α-hetero) is 1. The van der Waals surface area contributed by atoms with E-state index in [9.17, 15) is 14.0 Å². The van der Waals surface area contributed by atoms with Crippen LogP contribution in [0.2, 0.25) is 0 Å². The number of anilines is 1. The standard InChI is InChI=1S/C24H24FN3O2/c1-14-20(23(30)28-17-8-4-7-16(25)10-17)21(15-6-5-9-26-13-15)22-18(27-14)11-24(2,3)12-19(22)29/h4-10,13,20-21H,11-12H2,1-3H3,(H,28,30)/t20?,21-/m1/s1. The van der Waals surface area contributed by atoms with E-state index in [0.717, 1.165) is 11.3 Å². The Labute approximate surface area is 175 Å². The summed E-state index contributed by atoms with van der Waals surface area (Å²) >= 11 is 0. The maximum Gasteiger partial charge on any atom is 0.234 e. The molecule has 2 aromatic rings. The number of hydrogen-bond acceptors (Lipinski definition) is 4. The van der Waals surface area contributed by atoms with Gasteiger partial charge in [0, 0.05) is 47.4 Å². The summed E-state index contributed by atoms with van der Waals surface area (Å²) in [6, 6.07) is 9.45. The van der Waals surface area contributed by atoms with Crippen molar-refractivity contribution in [3.63, 3.8) is 0 Å². The van der Waals surface area contributed by atoms with Crippen molar-refractivity contribution < 1.29 is 14.0 Å². The molecule has 1 aromatic carbocycles. The Balaban J connectivity index is 1.78. The fraction of sp³-hybridized carbons (Fsp3) is 0.333. The van der Waals surface area contributed by atoms with Crippen LogP contribution in [0, 0.1) is 17.2 Å². The number of hydrogen-bond donors (Lipinski definition) is 1. The third-order valence-electron chi connectivity index (χ3n) is 5.72. The van der Waals surface area contributed by atoms with E-state index in [4.69, 9.17) is 4.99 Å². The predicted octanol–water partition coefficient (Wildman–Crippen LogP) is 4.68. The Hall–Kier alpha value is -3.15. The van der Waals surface area contributed by atoms with Crippen molar-refractivity contribution in [2.24, 2.45) is 16.3 Å². The average molecular weight is 405 g/mol. The van der Waals surface area contributed by atoms with E-state index < -0.39 is 17.7 Å². The molecule has 2 heterocycles. The Bertz CT molecular complexity index is 1070. The average Bonchev–Trinajstić information content (AvgIpc) is 2.66. The second kappa shape index (κ2) is 7.59. The van der Waals surface area contributed by atoms with Gasteiger partial charge in [0.1, 0.15) is 5.82 Å². The minimum Gasteiger partial charge on any atom is -0.325 e. The molecule has 1 aliphatic carbocycles. The smallest absolute Gasteiger partial charge is 0.234 e. The van der Waals surface area contributed by atoms with Crippen molar-refractivity contribution >= 4 is 23.1 Å². The van der Waals surface area contributed by atoms with Crippen LogP contribution in [0.15, 0.2) is 65.1 Å². The molecule has 4 rings (SSSR count). The minimum absolute atomic E-state index is 0.0231. The summed E-state index contributed by atoms with van der Waals surface area (Å²) in [4.78, 5) is 35.4. The molecule has 1 aliphatic heterocycles. The van der Waals surface area contributed by atoms with Crippen molar-refractivity contribution in [3.8, 4) is 0 Å². The van der Waals surface area contributed by atoms with E-state index in [0.29, 0.717) is 29.8 Å². The van der Waals surface area contributed by atoms with Crippen molar-refractivity contribution in [1.82, 2.24) is 4.98 Å². The fourth-order valence-electron chi connectivity index (χ4n) is 4.49. The molecular formula is C24H24FN3O2.